The van der Waals surface area contributed by atoms with Crippen LogP contribution in [0, 0.1) is 10.8 Å². The van der Waals surface area contributed by atoms with Crippen molar-refractivity contribution in [3.63, 3.8) is 0 Å². The molecular formula is C28H46N4O4Si. The first-order valence-corrected chi connectivity index (χ1v) is 17.4. The standard InChI is InChI=1S/C28H46N4O4Si/c1-27(2,3)23-19-28(13-16-31(23)26(34)35)11-14-30(15-12-28)21-9-8-10-22-24(21)29(4)25(33)32(22)20-36-17-18-37(5,6)7/h8-10,23H,11-20H2,1-7H3,(H,34,35). The molecule has 0 radical (unpaired) electrons. The molecular weight excluding hydrogens is 484 g/mol. The number of ether oxygens (including phenoxy) is 1. The number of aryl methyl sites for hydroxylation is 1. The number of anilines is 1. The fourth-order valence-electron chi connectivity index (χ4n) is 6.19. The maximum Gasteiger partial charge on any atom is 0.407 e. The summed E-state index contributed by atoms with van der Waals surface area (Å²) in [5.74, 6) is 0. The Labute approximate surface area is 222 Å². The molecule has 37 heavy (non-hydrogen) atoms. The third-order valence-corrected chi connectivity index (χ3v) is 10.4. The van der Waals surface area contributed by atoms with Gasteiger partial charge in [-0.1, -0.05) is 46.5 Å². The van der Waals surface area contributed by atoms with Gasteiger partial charge in [0.2, 0.25) is 0 Å². The number of nitrogens with zero attached hydrogens (tertiary/aromatic N) is 4. The van der Waals surface area contributed by atoms with Crippen molar-refractivity contribution in [3.8, 4) is 0 Å². The number of benzene rings is 1. The lowest BCUT2D eigenvalue weighted by Crippen LogP contribution is -2.56. The SMILES string of the molecule is Cn1c(=O)n(COCC[Si](C)(C)C)c2cccc(N3CCC4(CC3)CCN(C(=O)O)C(C(C)(C)C)C4)c21. The summed E-state index contributed by atoms with van der Waals surface area (Å²) < 4.78 is 9.46. The van der Waals surface area contributed by atoms with Crippen LogP contribution in [-0.4, -0.2) is 65.6 Å². The zero-order valence-electron chi connectivity index (χ0n) is 23.8. The lowest BCUT2D eigenvalue weighted by atomic mass is 9.64. The van der Waals surface area contributed by atoms with Crippen LogP contribution in [-0.2, 0) is 18.5 Å². The van der Waals surface area contributed by atoms with Gasteiger partial charge < -0.3 is 19.6 Å². The van der Waals surface area contributed by atoms with Gasteiger partial charge in [-0.2, -0.15) is 0 Å². The Balaban J connectivity index is 1.51. The van der Waals surface area contributed by atoms with E-state index < -0.39 is 14.2 Å². The number of carbonyl (C=O) groups is 1. The van der Waals surface area contributed by atoms with Crippen LogP contribution in [0.4, 0.5) is 10.5 Å². The minimum Gasteiger partial charge on any atom is -0.465 e. The second-order valence-corrected chi connectivity index (χ2v) is 19.2. The molecule has 2 saturated heterocycles. The van der Waals surface area contributed by atoms with Gasteiger partial charge >= 0.3 is 11.8 Å². The van der Waals surface area contributed by atoms with Gasteiger partial charge in [-0.25, -0.2) is 9.59 Å². The summed E-state index contributed by atoms with van der Waals surface area (Å²) in [7, 11) is 0.668. The van der Waals surface area contributed by atoms with Gasteiger partial charge in [0.05, 0.1) is 16.7 Å². The monoisotopic (exact) mass is 530 g/mol. The second-order valence-electron chi connectivity index (χ2n) is 13.6. The molecule has 3 heterocycles. The summed E-state index contributed by atoms with van der Waals surface area (Å²) in [4.78, 5) is 29.2. The molecule has 0 bridgehead atoms. The number of likely N-dealkylation sites (tertiary alicyclic amines) is 1. The first kappa shape index (κ1) is 27.8. The van der Waals surface area contributed by atoms with Crippen LogP contribution in [0.2, 0.25) is 25.7 Å². The van der Waals surface area contributed by atoms with E-state index in [-0.39, 0.29) is 29.3 Å². The Morgan fingerprint density at radius 1 is 1.14 bits per heavy atom. The molecule has 206 valence electrons. The van der Waals surface area contributed by atoms with E-state index in [0.29, 0.717) is 13.2 Å². The predicted molar refractivity (Wildman–Crippen MR) is 152 cm³/mol. The first-order valence-electron chi connectivity index (χ1n) is 13.7. The molecule has 8 nitrogen and oxygen atoms in total. The lowest BCUT2D eigenvalue weighted by Gasteiger charge is -2.53. The lowest BCUT2D eigenvalue weighted by molar-refractivity contribution is -0.00664. The Kier molecular flexibility index (Phi) is 7.60. The van der Waals surface area contributed by atoms with E-state index in [4.69, 9.17) is 4.74 Å². The van der Waals surface area contributed by atoms with E-state index in [2.05, 4.69) is 51.4 Å². The van der Waals surface area contributed by atoms with Crippen molar-refractivity contribution >= 4 is 30.9 Å². The molecule has 1 spiro atoms. The average Bonchev–Trinajstić information content (AvgIpc) is 3.06. The highest BCUT2D eigenvalue weighted by Gasteiger charge is 2.47. The summed E-state index contributed by atoms with van der Waals surface area (Å²) in [5.41, 5.74) is 3.02. The molecule has 1 amide bonds. The molecule has 1 aromatic carbocycles. The fourth-order valence-corrected chi connectivity index (χ4v) is 6.95. The molecule has 9 heteroatoms. The zero-order valence-corrected chi connectivity index (χ0v) is 24.8. The van der Waals surface area contributed by atoms with Crippen molar-refractivity contribution in [3.05, 3.63) is 28.7 Å². The van der Waals surface area contributed by atoms with Gasteiger partial charge in [0.15, 0.2) is 0 Å². The van der Waals surface area contributed by atoms with Gasteiger partial charge in [-0.15, -0.1) is 0 Å². The van der Waals surface area contributed by atoms with Gasteiger partial charge in [0.1, 0.15) is 6.73 Å². The Morgan fingerprint density at radius 3 is 2.38 bits per heavy atom. The molecule has 1 atom stereocenters. The molecule has 4 rings (SSSR count). The van der Waals surface area contributed by atoms with Crippen molar-refractivity contribution in [2.45, 2.75) is 84.9 Å². The quantitative estimate of drug-likeness (QED) is 0.398. The molecule has 0 saturated carbocycles. The summed E-state index contributed by atoms with van der Waals surface area (Å²) in [6.45, 7) is 16.8. The van der Waals surface area contributed by atoms with Crippen molar-refractivity contribution in [2.75, 3.05) is 31.1 Å². The largest absolute Gasteiger partial charge is 0.465 e. The minimum absolute atomic E-state index is 0.0320. The number of imidazole rings is 1. The number of piperidine rings is 2. The molecule has 1 N–H and O–H groups in total. The van der Waals surface area contributed by atoms with Gasteiger partial charge in [-0.3, -0.25) is 9.13 Å². The number of hydrogen-bond donors (Lipinski definition) is 1. The van der Waals surface area contributed by atoms with Crippen molar-refractivity contribution < 1.29 is 14.6 Å². The average molecular weight is 531 g/mol. The summed E-state index contributed by atoms with van der Waals surface area (Å²) in [6, 6.07) is 7.29. The highest BCUT2D eigenvalue weighted by molar-refractivity contribution is 6.76. The second kappa shape index (κ2) is 10.1. The first-order chi connectivity index (χ1) is 17.2. The molecule has 2 aliphatic rings. The van der Waals surface area contributed by atoms with Crippen LogP contribution < -0.4 is 10.6 Å². The maximum absolute atomic E-state index is 13.2. The Hall–Kier alpha value is -2.26. The minimum atomic E-state index is -1.19. The zero-order chi connectivity index (χ0) is 27.2. The van der Waals surface area contributed by atoms with Crippen LogP contribution in [0.1, 0.15) is 46.5 Å². The van der Waals surface area contributed by atoms with Crippen molar-refractivity contribution in [1.29, 1.82) is 0 Å². The smallest absolute Gasteiger partial charge is 0.407 e. The maximum atomic E-state index is 13.2. The Bertz CT molecular complexity index is 1180. The highest BCUT2D eigenvalue weighted by Crippen LogP contribution is 2.48. The third kappa shape index (κ3) is 5.77. The number of hydrogen-bond acceptors (Lipinski definition) is 4. The Morgan fingerprint density at radius 2 is 1.78 bits per heavy atom. The van der Waals surface area contributed by atoms with Crippen LogP contribution in [0.3, 0.4) is 0 Å². The topological polar surface area (TPSA) is 79.9 Å². The van der Waals surface area contributed by atoms with Crippen LogP contribution in [0.5, 0.6) is 0 Å². The van der Waals surface area contributed by atoms with Gasteiger partial charge in [-0.05, 0) is 54.7 Å². The number of carboxylic acid groups (broad SMARTS) is 1. The summed E-state index contributed by atoms with van der Waals surface area (Å²) >= 11 is 0. The van der Waals surface area contributed by atoms with E-state index in [1.54, 1.807) is 14.0 Å². The number of amides is 1. The highest BCUT2D eigenvalue weighted by atomic mass is 28.3. The predicted octanol–water partition coefficient (Wildman–Crippen LogP) is 5.43. The van der Waals surface area contributed by atoms with Crippen molar-refractivity contribution in [1.82, 2.24) is 14.0 Å². The number of para-hydroxylation sites is 1. The van der Waals surface area contributed by atoms with Gasteiger partial charge in [0.25, 0.3) is 0 Å². The van der Waals surface area contributed by atoms with Crippen molar-refractivity contribution in [2.24, 2.45) is 17.9 Å². The van der Waals surface area contributed by atoms with Crippen LogP contribution >= 0.6 is 0 Å². The summed E-state index contributed by atoms with van der Waals surface area (Å²) in [5, 5.41) is 9.78. The number of fused-ring (bicyclic) bond motifs is 1. The normalized spacial score (nSPS) is 20.7. The van der Waals surface area contributed by atoms with E-state index in [9.17, 15) is 14.7 Å². The van der Waals surface area contributed by atoms with E-state index >= 15 is 0 Å². The molecule has 1 aromatic heterocycles. The summed E-state index contributed by atoms with van der Waals surface area (Å²) in [6.07, 6.45) is 3.13. The molecule has 2 aromatic rings. The molecule has 2 fully saturated rings. The fraction of sp³-hybridized carbons (Fsp3) is 0.714. The number of rotatable bonds is 6. The van der Waals surface area contributed by atoms with Crippen LogP contribution in [0.15, 0.2) is 23.0 Å². The van der Waals surface area contributed by atoms with E-state index in [1.165, 1.54) is 0 Å². The van der Waals surface area contributed by atoms with E-state index in [0.717, 1.165) is 61.5 Å². The molecule has 0 aliphatic carbocycles. The van der Waals surface area contributed by atoms with E-state index in [1.807, 2.05) is 19.2 Å². The molecule has 1 unspecified atom stereocenters. The van der Waals surface area contributed by atoms with Crippen LogP contribution in [0.25, 0.3) is 11.0 Å². The third-order valence-electron chi connectivity index (χ3n) is 8.65. The van der Waals surface area contributed by atoms with Gasteiger partial charge in [0, 0.05) is 47.4 Å². The molecule has 2 aliphatic heterocycles. The number of aromatic nitrogens is 2.